The molecule has 3 heteroatoms. The van der Waals surface area contributed by atoms with Crippen molar-refractivity contribution in [3.8, 4) is 0 Å². The largest absolute Gasteiger partial charge is 0.395 e. The van der Waals surface area contributed by atoms with Crippen LogP contribution >= 0.6 is 11.8 Å². The Kier molecular flexibility index (Phi) is 5.90. The zero-order valence-corrected chi connectivity index (χ0v) is 10.1. The summed E-state index contributed by atoms with van der Waals surface area (Å²) in [5.74, 6) is 1.95. The minimum absolute atomic E-state index is 0.256. The van der Waals surface area contributed by atoms with E-state index in [1.54, 1.807) is 0 Å². The van der Waals surface area contributed by atoms with Crippen molar-refractivity contribution in [2.75, 3.05) is 19.4 Å². The number of thioether (sulfide) groups is 1. The van der Waals surface area contributed by atoms with Gasteiger partial charge in [-0.3, -0.25) is 0 Å². The lowest BCUT2D eigenvalue weighted by molar-refractivity contribution is 0.259. The molecule has 0 bridgehead atoms. The molecule has 3 atom stereocenters. The van der Waals surface area contributed by atoms with Crippen LogP contribution in [0.5, 0.6) is 0 Å². The molecule has 84 valence electrons. The maximum absolute atomic E-state index is 9.03. The number of aliphatic hydroxyl groups is 1. The molecular formula is C11H23NOS. The Hall–Kier alpha value is 0.270. The summed E-state index contributed by atoms with van der Waals surface area (Å²) < 4.78 is 0. The van der Waals surface area contributed by atoms with Crippen LogP contribution in [0.2, 0.25) is 0 Å². The van der Waals surface area contributed by atoms with Crippen molar-refractivity contribution in [2.24, 2.45) is 5.92 Å². The third-order valence-electron chi connectivity index (χ3n) is 3.05. The van der Waals surface area contributed by atoms with E-state index >= 15 is 0 Å². The molecule has 0 amide bonds. The molecule has 2 nitrogen and oxygen atoms in total. The van der Waals surface area contributed by atoms with E-state index in [1.165, 1.54) is 25.7 Å². The molecule has 0 aromatic heterocycles. The predicted octanol–water partition coefficient (Wildman–Crippen LogP) is 1.88. The highest BCUT2D eigenvalue weighted by Crippen LogP contribution is 2.31. The van der Waals surface area contributed by atoms with E-state index in [1.807, 2.05) is 18.8 Å². The van der Waals surface area contributed by atoms with E-state index in [2.05, 4.69) is 12.2 Å². The molecule has 0 saturated heterocycles. The first-order chi connectivity index (χ1) is 6.76. The minimum Gasteiger partial charge on any atom is -0.395 e. The number of nitrogens with one attached hydrogen (secondary N) is 1. The van der Waals surface area contributed by atoms with Gasteiger partial charge in [0.15, 0.2) is 0 Å². The highest BCUT2D eigenvalue weighted by molar-refractivity contribution is 7.99. The molecule has 2 N–H and O–H groups in total. The third-order valence-corrected chi connectivity index (χ3v) is 4.54. The van der Waals surface area contributed by atoms with Crippen LogP contribution in [0.15, 0.2) is 0 Å². The lowest BCUT2D eigenvalue weighted by Gasteiger charge is -2.27. The van der Waals surface area contributed by atoms with E-state index in [0.29, 0.717) is 0 Å². The van der Waals surface area contributed by atoms with Crippen molar-refractivity contribution < 1.29 is 5.11 Å². The second kappa shape index (κ2) is 6.70. The van der Waals surface area contributed by atoms with Gasteiger partial charge in [-0.1, -0.05) is 19.8 Å². The smallest absolute Gasteiger partial charge is 0.0592 e. The van der Waals surface area contributed by atoms with Gasteiger partial charge in [-0.15, -0.1) is 0 Å². The van der Waals surface area contributed by atoms with Gasteiger partial charge < -0.3 is 10.4 Å². The fraction of sp³-hybridized carbons (Fsp3) is 1.00. The van der Waals surface area contributed by atoms with Crippen molar-refractivity contribution in [1.82, 2.24) is 5.32 Å². The molecule has 1 saturated carbocycles. The molecular weight excluding hydrogens is 194 g/mol. The van der Waals surface area contributed by atoms with Gasteiger partial charge in [0.25, 0.3) is 0 Å². The number of likely N-dealkylation sites (N-methyl/N-ethyl adjacent to an activating group) is 1. The van der Waals surface area contributed by atoms with Gasteiger partial charge in [-0.2, -0.15) is 11.8 Å². The highest BCUT2D eigenvalue weighted by Gasteiger charge is 2.19. The maximum Gasteiger partial charge on any atom is 0.0592 e. The first kappa shape index (κ1) is 12.3. The fourth-order valence-corrected chi connectivity index (χ4v) is 3.58. The van der Waals surface area contributed by atoms with Gasteiger partial charge in [0.05, 0.1) is 6.61 Å². The van der Waals surface area contributed by atoms with Crippen LogP contribution < -0.4 is 5.32 Å². The molecule has 0 aromatic rings. The van der Waals surface area contributed by atoms with Crippen molar-refractivity contribution >= 4 is 11.8 Å². The van der Waals surface area contributed by atoms with Crippen molar-refractivity contribution in [1.29, 1.82) is 0 Å². The zero-order valence-electron chi connectivity index (χ0n) is 9.33. The first-order valence-corrected chi connectivity index (χ1v) is 6.70. The lowest BCUT2D eigenvalue weighted by Crippen LogP contribution is -2.32. The Morgan fingerprint density at radius 2 is 2.29 bits per heavy atom. The minimum atomic E-state index is 0.256. The number of rotatable bonds is 5. The molecule has 1 aliphatic rings. The van der Waals surface area contributed by atoms with E-state index in [0.717, 1.165) is 16.9 Å². The summed E-state index contributed by atoms with van der Waals surface area (Å²) in [5, 5.41) is 13.0. The summed E-state index contributed by atoms with van der Waals surface area (Å²) in [4.78, 5) is 0. The number of hydrogen-bond donors (Lipinski definition) is 2. The van der Waals surface area contributed by atoms with Crippen molar-refractivity contribution in [3.63, 3.8) is 0 Å². The third kappa shape index (κ3) is 4.20. The second-order valence-electron chi connectivity index (χ2n) is 4.40. The van der Waals surface area contributed by atoms with E-state index in [-0.39, 0.29) is 12.6 Å². The highest BCUT2D eigenvalue weighted by atomic mass is 32.2. The normalized spacial score (nSPS) is 30.2. The predicted molar refractivity (Wildman–Crippen MR) is 63.8 cm³/mol. The first-order valence-electron chi connectivity index (χ1n) is 5.66. The maximum atomic E-state index is 9.03. The van der Waals surface area contributed by atoms with Crippen LogP contribution in [-0.4, -0.2) is 35.8 Å². The van der Waals surface area contributed by atoms with Crippen LogP contribution in [0, 0.1) is 5.92 Å². The van der Waals surface area contributed by atoms with E-state index in [9.17, 15) is 0 Å². The van der Waals surface area contributed by atoms with Gasteiger partial charge in [-0.25, -0.2) is 0 Å². The molecule has 1 rings (SSSR count). The fourth-order valence-electron chi connectivity index (χ4n) is 2.01. The van der Waals surface area contributed by atoms with E-state index in [4.69, 9.17) is 5.11 Å². The summed E-state index contributed by atoms with van der Waals surface area (Å²) in [6, 6.07) is 0.275. The van der Waals surface area contributed by atoms with Gasteiger partial charge in [0.1, 0.15) is 0 Å². The van der Waals surface area contributed by atoms with Crippen molar-refractivity contribution in [3.05, 3.63) is 0 Å². The zero-order chi connectivity index (χ0) is 10.4. The van der Waals surface area contributed by atoms with Crippen LogP contribution in [-0.2, 0) is 0 Å². The van der Waals surface area contributed by atoms with Crippen LogP contribution in [0.25, 0.3) is 0 Å². The van der Waals surface area contributed by atoms with Gasteiger partial charge in [0.2, 0.25) is 0 Å². The summed E-state index contributed by atoms with van der Waals surface area (Å²) >= 11 is 2.04. The molecule has 14 heavy (non-hydrogen) atoms. The Morgan fingerprint density at radius 1 is 1.50 bits per heavy atom. The Morgan fingerprint density at radius 3 is 2.86 bits per heavy atom. The Labute approximate surface area is 91.9 Å². The van der Waals surface area contributed by atoms with Gasteiger partial charge in [0, 0.05) is 17.0 Å². The number of hydrogen-bond acceptors (Lipinski definition) is 3. The van der Waals surface area contributed by atoms with Crippen molar-refractivity contribution in [2.45, 2.75) is 43.9 Å². The molecule has 0 aliphatic heterocycles. The average molecular weight is 217 g/mol. The van der Waals surface area contributed by atoms with Gasteiger partial charge >= 0.3 is 0 Å². The standard InChI is InChI=1S/C11H23NOS/c1-9-4-3-5-11(6-9)14-8-10(7-13)12-2/h9-13H,3-8H2,1-2H3. The number of aliphatic hydroxyl groups excluding tert-OH is 1. The Balaban J connectivity index is 2.16. The van der Waals surface area contributed by atoms with Crippen LogP contribution in [0.1, 0.15) is 32.6 Å². The second-order valence-corrected chi connectivity index (χ2v) is 5.73. The lowest BCUT2D eigenvalue weighted by atomic mass is 9.91. The molecule has 0 aromatic carbocycles. The molecule has 3 unspecified atom stereocenters. The molecule has 0 heterocycles. The van der Waals surface area contributed by atoms with Gasteiger partial charge in [-0.05, 0) is 25.8 Å². The Bertz CT molecular complexity index is 150. The summed E-state index contributed by atoms with van der Waals surface area (Å²) in [7, 11) is 1.92. The topological polar surface area (TPSA) is 32.3 Å². The van der Waals surface area contributed by atoms with Crippen LogP contribution in [0.4, 0.5) is 0 Å². The SMILES string of the molecule is CNC(CO)CSC1CCCC(C)C1. The summed E-state index contributed by atoms with van der Waals surface area (Å²) in [6.45, 7) is 2.61. The monoisotopic (exact) mass is 217 g/mol. The van der Waals surface area contributed by atoms with E-state index < -0.39 is 0 Å². The summed E-state index contributed by atoms with van der Waals surface area (Å²) in [6.07, 6.45) is 5.54. The molecule has 1 fully saturated rings. The average Bonchev–Trinajstić information content (AvgIpc) is 2.19. The molecule has 1 aliphatic carbocycles. The molecule has 0 spiro atoms. The summed E-state index contributed by atoms with van der Waals surface area (Å²) in [5.41, 5.74) is 0. The van der Waals surface area contributed by atoms with Crippen LogP contribution in [0.3, 0.4) is 0 Å². The molecule has 0 radical (unpaired) electrons. The quantitative estimate of drug-likeness (QED) is 0.737.